The van der Waals surface area contributed by atoms with E-state index in [4.69, 9.17) is 19.1 Å². The Hall–Kier alpha value is -7.98. The predicted molar refractivity (Wildman–Crippen MR) is 361 cm³/mol. The molecule has 3 fully saturated rings. The van der Waals surface area contributed by atoms with Gasteiger partial charge in [0.05, 0.1) is 53.1 Å². The smallest absolute Gasteiger partial charge is 0.416 e. The van der Waals surface area contributed by atoms with Crippen molar-refractivity contribution in [2.24, 2.45) is 0 Å². The molecule has 20 nitrogen and oxygen atoms in total. The lowest BCUT2D eigenvalue weighted by Gasteiger charge is -2.33. The summed E-state index contributed by atoms with van der Waals surface area (Å²) >= 11 is 0. The van der Waals surface area contributed by atoms with Gasteiger partial charge in [0.2, 0.25) is 0 Å². The van der Waals surface area contributed by atoms with Crippen LogP contribution in [0.5, 0.6) is 0 Å². The Balaban J connectivity index is 0.000000217. The minimum atomic E-state index is -4.38. The summed E-state index contributed by atoms with van der Waals surface area (Å²) in [6.45, 7) is 23.3. The van der Waals surface area contributed by atoms with Gasteiger partial charge in [-0.1, -0.05) is 34.9 Å². The summed E-state index contributed by atoms with van der Waals surface area (Å²) in [6, 6.07) is 12.9. The zero-order chi connectivity index (χ0) is 72.4. The second kappa shape index (κ2) is 34.8. The number of aryl methyl sites for hydroxylation is 3. The van der Waals surface area contributed by atoms with Gasteiger partial charge < -0.3 is 39.7 Å². The number of likely N-dealkylation sites (tertiary alicyclic amines) is 2. The van der Waals surface area contributed by atoms with Crippen molar-refractivity contribution < 1.29 is 77.8 Å². The summed E-state index contributed by atoms with van der Waals surface area (Å²) in [7, 11) is 0. The van der Waals surface area contributed by atoms with Gasteiger partial charge in [-0.05, 0) is 216 Å². The van der Waals surface area contributed by atoms with E-state index < -0.39 is 52.5 Å². The fourth-order valence-electron chi connectivity index (χ4n) is 13.0. The highest BCUT2D eigenvalue weighted by Gasteiger charge is 2.38. The number of rotatable bonds is 5. The molecule has 101 heavy (non-hydrogen) atoms. The van der Waals surface area contributed by atoms with Crippen LogP contribution >= 0.6 is 24.8 Å². The van der Waals surface area contributed by atoms with Crippen LogP contribution in [0, 0.1) is 20.8 Å². The van der Waals surface area contributed by atoms with Gasteiger partial charge in [0.15, 0.2) is 11.4 Å². The number of hydrogen-bond donors (Lipinski definition) is 5. The largest absolute Gasteiger partial charge is 0.444 e. The fourth-order valence-corrected chi connectivity index (χ4v) is 13.0. The lowest BCUT2D eigenvalue weighted by Crippen LogP contribution is -2.41. The molecular formula is C70H89Cl2F9N12O8. The number of alkyl halides is 9. The second-order valence-electron chi connectivity index (χ2n) is 27.8. The molecule has 3 aromatic carbocycles. The van der Waals surface area contributed by atoms with Crippen LogP contribution in [0.3, 0.4) is 0 Å². The first-order chi connectivity index (χ1) is 46.5. The zero-order valence-corrected chi connectivity index (χ0v) is 59.6. The molecule has 12 rings (SSSR count). The monoisotopic (exact) mass is 1470 g/mol. The maximum Gasteiger partial charge on any atom is 0.416 e. The summed E-state index contributed by atoms with van der Waals surface area (Å²) in [5.41, 5.74) is 7.85. The normalized spacial score (nSPS) is 16.7. The van der Waals surface area contributed by atoms with Gasteiger partial charge in [-0.2, -0.15) is 64.4 Å². The molecule has 0 spiro atoms. The van der Waals surface area contributed by atoms with E-state index in [9.17, 15) is 58.7 Å². The molecule has 9 heterocycles. The highest BCUT2D eigenvalue weighted by molar-refractivity contribution is 5.95. The summed E-state index contributed by atoms with van der Waals surface area (Å²) in [4.78, 5) is 73.3. The van der Waals surface area contributed by atoms with Crippen molar-refractivity contribution >= 4 is 55.0 Å². The number of benzene rings is 3. The first-order valence-corrected chi connectivity index (χ1v) is 33.1. The van der Waals surface area contributed by atoms with E-state index >= 15 is 0 Å². The molecule has 31 heteroatoms. The highest BCUT2D eigenvalue weighted by atomic mass is 35.5. The highest BCUT2D eigenvalue weighted by Crippen LogP contribution is 2.39. The number of aromatic nitrogens is 6. The van der Waals surface area contributed by atoms with Crippen LogP contribution in [0.2, 0.25) is 0 Å². The van der Waals surface area contributed by atoms with Crippen molar-refractivity contribution in [3.05, 3.63) is 156 Å². The van der Waals surface area contributed by atoms with Crippen molar-refractivity contribution in [2.45, 2.75) is 187 Å². The molecule has 0 bridgehead atoms. The quantitative estimate of drug-likeness (QED) is 0.101. The van der Waals surface area contributed by atoms with Crippen LogP contribution in [0.15, 0.2) is 60.8 Å². The van der Waals surface area contributed by atoms with E-state index in [1.165, 1.54) is 35.9 Å². The third-order valence-corrected chi connectivity index (χ3v) is 17.9. The molecule has 6 aromatic rings. The number of H-pyrrole nitrogens is 3. The number of nitrogens with one attached hydrogen (secondary N) is 5. The Kier molecular flexibility index (Phi) is 28.2. The molecule has 6 aliphatic heterocycles. The standard InChI is InChI=1S/C25H31F3N4O3.C20H23F3N4O.C13H16F3N.C11H17N3O2.CO2.2ClH/c1-15-11-17(13-18(12-15)25(26,27)28)16-5-8-31(9-6-16)22(33)21-19-7-10-32(14-20(19)29-30-21)23(34)35-24(2,3)4;1-12-8-14(10-15(9-12)20(21,22)23)13-3-6-27(7-4-13)19(28)18-16-2-5-24-11-17(16)25-26-18;1-9-6-11(10-2-4-17-5-3-10)8-12(7-9)13(14,15)16;1-11(2,3)16-10(15)14-5-4-8-6-12-13-9(8)7-14;2-1-3;;/h11-13,16H,5-10,14H2,1-4H3,(H,29,30);8-10,13,24H,2-7,11H2,1H3,(H,25,26);6-8,10,17H,2-5H2,1H3;6H,4-5,7H2,1-3H3,(H,12,13);;2*1H. The lowest BCUT2D eigenvalue weighted by atomic mass is 9.87. The van der Waals surface area contributed by atoms with Gasteiger partial charge in [0.25, 0.3) is 11.8 Å². The maximum atomic E-state index is 13.2. The van der Waals surface area contributed by atoms with Crippen molar-refractivity contribution in [1.82, 2.24) is 60.8 Å². The molecule has 0 aliphatic carbocycles. The molecule has 0 radical (unpaired) electrons. The van der Waals surface area contributed by atoms with Crippen molar-refractivity contribution in [1.29, 1.82) is 0 Å². The molecule has 6 aliphatic rings. The van der Waals surface area contributed by atoms with Gasteiger partial charge in [0, 0.05) is 56.9 Å². The van der Waals surface area contributed by atoms with Gasteiger partial charge >= 0.3 is 36.9 Å². The van der Waals surface area contributed by atoms with Crippen LogP contribution in [-0.2, 0) is 76.5 Å². The third kappa shape index (κ3) is 22.8. The lowest BCUT2D eigenvalue weighted by molar-refractivity contribution is -0.191. The number of carbonyl (C=O) groups excluding carboxylic acids is 6. The summed E-state index contributed by atoms with van der Waals surface area (Å²) in [6.07, 6.45) is -5.13. The van der Waals surface area contributed by atoms with E-state index in [1.54, 1.807) is 46.4 Å². The number of piperidine rings is 3. The number of hydrogen-bond acceptors (Lipinski definition) is 13. The topological polar surface area (TPSA) is 244 Å². The number of ether oxygens (including phenoxy) is 2. The molecule has 5 N–H and O–H groups in total. The average Bonchev–Trinajstić information content (AvgIpc) is 1.71. The molecule has 554 valence electrons. The van der Waals surface area contributed by atoms with E-state index in [2.05, 4.69) is 41.2 Å². The molecule has 0 unspecified atom stereocenters. The van der Waals surface area contributed by atoms with Crippen LogP contribution in [0.25, 0.3) is 0 Å². The Morgan fingerprint density at radius 3 is 1.25 bits per heavy atom. The van der Waals surface area contributed by atoms with Gasteiger partial charge in [-0.15, -0.1) is 24.8 Å². The van der Waals surface area contributed by atoms with Crippen molar-refractivity contribution in [3.8, 4) is 0 Å². The minimum Gasteiger partial charge on any atom is -0.444 e. The van der Waals surface area contributed by atoms with Crippen LogP contribution in [0.1, 0.15) is 203 Å². The van der Waals surface area contributed by atoms with E-state index in [0.29, 0.717) is 130 Å². The third-order valence-electron chi connectivity index (χ3n) is 17.9. The zero-order valence-electron chi connectivity index (χ0n) is 58.0. The summed E-state index contributed by atoms with van der Waals surface area (Å²) < 4.78 is 128. The fraction of sp³-hybridized carbons (Fsp3) is 0.543. The average molecular weight is 1470 g/mol. The Bertz CT molecular complexity index is 3810. The van der Waals surface area contributed by atoms with Crippen molar-refractivity contribution in [2.75, 3.05) is 58.9 Å². The summed E-state index contributed by atoms with van der Waals surface area (Å²) in [5.74, 6) is -0.0138. The molecule has 0 atom stereocenters. The molecule has 4 amide bonds. The number of fused-ring (bicyclic) bond motifs is 3. The number of carbonyl (C=O) groups is 4. The second-order valence-corrected chi connectivity index (χ2v) is 27.8. The van der Waals surface area contributed by atoms with Gasteiger partial charge in [0.1, 0.15) is 11.2 Å². The van der Waals surface area contributed by atoms with Crippen LogP contribution < -0.4 is 10.6 Å². The Labute approximate surface area is 593 Å². The van der Waals surface area contributed by atoms with E-state index in [-0.39, 0.29) is 66.6 Å². The number of nitrogens with zero attached hydrogens (tertiary/aromatic N) is 7. The number of aromatic amines is 3. The molecule has 0 saturated carbocycles. The molecule has 3 aromatic heterocycles. The Morgan fingerprint density at radius 2 is 0.842 bits per heavy atom. The van der Waals surface area contributed by atoms with E-state index in [1.807, 2.05) is 59.9 Å². The Morgan fingerprint density at radius 1 is 0.465 bits per heavy atom. The first-order valence-electron chi connectivity index (χ1n) is 33.1. The molecule has 3 saturated heterocycles. The number of amides is 4. The van der Waals surface area contributed by atoms with Crippen LogP contribution in [-0.4, -0.2) is 150 Å². The first kappa shape index (κ1) is 82.0. The van der Waals surface area contributed by atoms with Crippen molar-refractivity contribution in [3.63, 3.8) is 0 Å². The predicted octanol–water partition coefficient (Wildman–Crippen LogP) is 13.9. The van der Waals surface area contributed by atoms with Gasteiger partial charge in [-0.25, -0.2) is 9.59 Å². The SMILES string of the molecule is CC(C)(C)OC(=O)N1CCc2cn[nH]c2C1.Cc1cc(C2CCN(C(=O)c3n[nH]c4c3CCN(C(=O)OC(C)(C)C)C4)CC2)cc(C(F)(F)F)c1.Cc1cc(C2CCN(C(=O)c3n[nH]c4c3CCNC4)CC2)cc(C(F)(F)F)c1.Cc1cc(C2CCNCC2)cc(C(F)(F)F)c1.Cl.Cl.O=C=O. The van der Waals surface area contributed by atoms with E-state index in [0.717, 1.165) is 85.2 Å². The summed E-state index contributed by atoms with van der Waals surface area (Å²) in [5, 5.41) is 27.6. The van der Waals surface area contributed by atoms with Gasteiger partial charge in [-0.3, -0.25) is 24.9 Å². The minimum absolute atomic E-state index is 0. The van der Waals surface area contributed by atoms with Crippen LogP contribution in [0.4, 0.5) is 49.1 Å². The maximum absolute atomic E-state index is 13.2. The number of halogens is 11. The molecular weight excluding hydrogens is 1380 g/mol.